The predicted octanol–water partition coefficient (Wildman–Crippen LogP) is 4.66. The van der Waals surface area contributed by atoms with Crippen LogP contribution in [-0.4, -0.2) is 19.0 Å². The molecule has 8 nitrogen and oxygen atoms in total. The second-order valence-electron chi connectivity index (χ2n) is 7.85. The number of carbonyl (C=O) groups is 1. The van der Waals surface area contributed by atoms with E-state index in [1.54, 1.807) is 66.7 Å². The van der Waals surface area contributed by atoms with Crippen LogP contribution in [-0.2, 0) is 0 Å². The Morgan fingerprint density at radius 2 is 1.77 bits per heavy atom. The lowest BCUT2D eigenvalue weighted by Crippen LogP contribution is -2.34. The molecular weight excluding hydrogens is 448 g/mol. The normalized spacial score (nSPS) is 16.6. The average Bonchev–Trinajstić information content (AvgIpc) is 2.88. The van der Waals surface area contributed by atoms with Gasteiger partial charge in [-0.05, 0) is 42.0 Å². The minimum Gasteiger partial charge on any atom is -0.493 e. The fraction of sp³-hybridized carbons (Fsp3) is 0.111. The van der Waals surface area contributed by atoms with Gasteiger partial charge in [-0.25, -0.2) is 9.59 Å². The molecule has 1 aliphatic heterocycles. The number of rotatable bonds is 4. The number of para-hydroxylation sites is 1. The van der Waals surface area contributed by atoms with Gasteiger partial charge in [-0.3, -0.25) is 5.41 Å². The Labute approximate surface area is 199 Å². The van der Waals surface area contributed by atoms with E-state index in [2.05, 4.69) is 6.07 Å². The lowest BCUT2D eigenvalue weighted by molar-refractivity contribution is 0.0729. The molecule has 0 radical (unpaired) electrons. The summed E-state index contributed by atoms with van der Waals surface area (Å²) in [6.07, 6.45) is 0. The third-order valence-electron chi connectivity index (χ3n) is 5.84. The van der Waals surface area contributed by atoms with E-state index in [4.69, 9.17) is 24.0 Å². The third kappa shape index (κ3) is 3.79. The number of benzene rings is 3. The Morgan fingerprint density at radius 1 is 1.03 bits per heavy atom. The molecule has 0 fully saturated rings. The summed E-state index contributed by atoms with van der Waals surface area (Å²) >= 11 is 0. The number of esters is 1. The van der Waals surface area contributed by atoms with Crippen LogP contribution in [0.25, 0.3) is 11.0 Å². The Hall–Kier alpha value is -4.90. The van der Waals surface area contributed by atoms with E-state index in [0.29, 0.717) is 22.1 Å². The van der Waals surface area contributed by atoms with Crippen LogP contribution in [0.5, 0.6) is 17.2 Å². The first-order chi connectivity index (χ1) is 17.0. The van der Waals surface area contributed by atoms with Crippen molar-refractivity contribution in [2.75, 3.05) is 7.11 Å². The standard InChI is InChI=1S/C27H18N2O6/c1-32-21-13-16(11-12-20(21)34-26(30)15-7-3-2-4-8-15)22-18(14-28)25(29)35-24-17-9-5-6-10-19(17)33-27(31)23(22)24/h2-13,18,22,29H,1H3. The van der Waals surface area contributed by atoms with E-state index in [1.165, 1.54) is 13.2 Å². The van der Waals surface area contributed by atoms with Crippen LogP contribution in [0, 0.1) is 22.7 Å². The van der Waals surface area contributed by atoms with E-state index in [-0.39, 0.29) is 28.7 Å². The zero-order chi connectivity index (χ0) is 24.5. The van der Waals surface area contributed by atoms with Gasteiger partial charge in [0.15, 0.2) is 17.2 Å². The number of carbonyl (C=O) groups excluding carboxylic acids is 1. The summed E-state index contributed by atoms with van der Waals surface area (Å²) < 4.78 is 22.1. The van der Waals surface area contributed by atoms with Crippen LogP contribution in [0.15, 0.2) is 82.0 Å². The maximum absolute atomic E-state index is 13.0. The number of hydrogen-bond acceptors (Lipinski definition) is 8. The predicted molar refractivity (Wildman–Crippen MR) is 126 cm³/mol. The lowest BCUT2D eigenvalue weighted by atomic mass is 9.79. The smallest absolute Gasteiger partial charge is 0.343 e. The van der Waals surface area contributed by atoms with Crippen LogP contribution < -0.4 is 19.8 Å². The molecule has 2 unspecified atom stereocenters. The van der Waals surface area contributed by atoms with Gasteiger partial charge in [0.05, 0.1) is 29.7 Å². The van der Waals surface area contributed by atoms with Crippen LogP contribution >= 0.6 is 0 Å². The molecule has 0 spiro atoms. The largest absolute Gasteiger partial charge is 0.493 e. The summed E-state index contributed by atoms with van der Waals surface area (Å²) in [4.78, 5) is 25.6. The molecule has 0 saturated heterocycles. The first-order valence-corrected chi connectivity index (χ1v) is 10.7. The molecule has 0 aliphatic carbocycles. The summed E-state index contributed by atoms with van der Waals surface area (Å²) in [7, 11) is 1.42. The minimum absolute atomic E-state index is 0.141. The molecule has 172 valence electrons. The maximum atomic E-state index is 13.0. The molecular formula is C27H18N2O6. The molecule has 0 saturated carbocycles. The Balaban J connectivity index is 1.62. The van der Waals surface area contributed by atoms with E-state index in [0.717, 1.165) is 0 Å². The second kappa shape index (κ2) is 8.80. The Kier molecular flexibility index (Phi) is 5.51. The molecule has 1 aromatic heterocycles. The van der Waals surface area contributed by atoms with Crippen molar-refractivity contribution in [2.45, 2.75) is 5.92 Å². The third-order valence-corrected chi connectivity index (χ3v) is 5.84. The number of hydrogen-bond donors (Lipinski definition) is 1. The van der Waals surface area contributed by atoms with E-state index in [9.17, 15) is 14.9 Å². The van der Waals surface area contributed by atoms with Crippen LogP contribution in [0.4, 0.5) is 0 Å². The van der Waals surface area contributed by atoms with Gasteiger partial charge < -0.3 is 18.6 Å². The Morgan fingerprint density at radius 3 is 2.51 bits per heavy atom. The van der Waals surface area contributed by atoms with Gasteiger partial charge in [0, 0.05) is 5.92 Å². The van der Waals surface area contributed by atoms with Gasteiger partial charge in [-0.2, -0.15) is 5.26 Å². The summed E-state index contributed by atoms with van der Waals surface area (Å²) in [5.41, 5.74) is 0.681. The van der Waals surface area contributed by atoms with Crippen LogP contribution in [0.2, 0.25) is 0 Å². The summed E-state index contributed by atoms with van der Waals surface area (Å²) in [6.45, 7) is 0. The highest BCUT2D eigenvalue weighted by Crippen LogP contribution is 2.45. The van der Waals surface area contributed by atoms with Crippen LogP contribution in [0.3, 0.4) is 0 Å². The van der Waals surface area contributed by atoms with Gasteiger partial charge in [0.25, 0.3) is 0 Å². The highest BCUT2D eigenvalue weighted by molar-refractivity contribution is 5.93. The molecule has 2 heterocycles. The number of nitrogens with one attached hydrogen (secondary N) is 1. The molecule has 35 heavy (non-hydrogen) atoms. The van der Waals surface area contributed by atoms with Crippen molar-refractivity contribution in [3.05, 3.63) is 99.9 Å². The fourth-order valence-electron chi connectivity index (χ4n) is 4.19. The maximum Gasteiger partial charge on any atom is 0.343 e. The highest BCUT2D eigenvalue weighted by atomic mass is 16.6. The molecule has 0 bridgehead atoms. The molecule has 4 aromatic rings. The first-order valence-electron chi connectivity index (χ1n) is 10.7. The van der Waals surface area contributed by atoms with Crippen molar-refractivity contribution in [2.24, 2.45) is 5.92 Å². The van der Waals surface area contributed by atoms with Gasteiger partial charge >= 0.3 is 11.6 Å². The molecule has 1 aliphatic rings. The zero-order valence-corrected chi connectivity index (χ0v) is 18.5. The molecule has 0 amide bonds. The van der Waals surface area contributed by atoms with Crippen molar-refractivity contribution in [1.82, 2.24) is 0 Å². The summed E-state index contributed by atoms with van der Waals surface area (Å²) in [6, 6.07) is 22.2. The summed E-state index contributed by atoms with van der Waals surface area (Å²) in [5, 5.41) is 18.7. The SMILES string of the molecule is COc1cc(C2c3c(c4ccccc4oc3=O)OC(=N)C2C#N)ccc1OC(=O)c1ccccc1. The Bertz CT molecular complexity index is 1570. The highest BCUT2D eigenvalue weighted by Gasteiger charge is 2.41. The minimum atomic E-state index is -1.08. The summed E-state index contributed by atoms with van der Waals surface area (Å²) in [5.74, 6) is -2.17. The number of nitriles is 1. The molecule has 1 N–H and O–H groups in total. The van der Waals surface area contributed by atoms with Crippen molar-refractivity contribution < 1.29 is 23.4 Å². The van der Waals surface area contributed by atoms with Crippen molar-refractivity contribution >= 4 is 22.8 Å². The molecule has 3 aromatic carbocycles. The molecule has 8 heteroatoms. The topological polar surface area (TPSA) is 123 Å². The number of nitrogens with zero attached hydrogens (tertiary/aromatic N) is 1. The number of methoxy groups -OCH3 is 1. The quantitative estimate of drug-likeness (QED) is 0.264. The second-order valence-corrected chi connectivity index (χ2v) is 7.85. The van der Waals surface area contributed by atoms with Gasteiger partial charge in [-0.1, -0.05) is 36.4 Å². The van der Waals surface area contributed by atoms with Crippen molar-refractivity contribution in [1.29, 1.82) is 10.7 Å². The first kappa shape index (κ1) is 21.9. The number of ether oxygens (including phenoxy) is 3. The van der Waals surface area contributed by atoms with Crippen LogP contribution in [0.1, 0.15) is 27.4 Å². The number of fused-ring (bicyclic) bond motifs is 3. The van der Waals surface area contributed by atoms with Crippen molar-refractivity contribution in [3.63, 3.8) is 0 Å². The lowest BCUT2D eigenvalue weighted by Gasteiger charge is -2.30. The van der Waals surface area contributed by atoms with E-state index in [1.807, 2.05) is 0 Å². The van der Waals surface area contributed by atoms with Crippen molar-refractivity contribution in [3.8, 4) is 23.3 Å². The van der Waals surface area contributed by atoms with Gasteiger partial charge in [0.2, 0.25) is 5.90 Å². The zero-order valence-electron chi connectivity index (χ0n) is 18.5. The van der Waals surface area contributed by atoms with E-state index < -0.39 is 23.4 Å². The molecule has 2 atom stereocenters. The van der Waals surface area contributed by atoms with Gasteiger partial charge in [-0.15, -0.1) is 0 Å². The fourth-order valence-corrected chi connectivity index (χ4v) is 4.19. The van der Waals surface area contributed by atoms with E-state index >= 15 is 0 Å². The average molecular weight is 466 g/mol. The monoisotopic (exact) mass is 466 g/mol. The van der Waals surface area contributed by atoms with Gasteiger partial charge in [0.1, 0.15) is 11.5 Å². The molecule has 5 rings (SSSR count).